The first-order valence-corrected chi connectivity index (χ1v) is 8.26. The Kier molecular flexibility index (Phi) is 15.6. The Labute approximate surface area is 170 Å². The standard InChI is InChI=1S/C14H19N2O4S.CH5N.Y/c1-10(21(19)20)13(15-2)14(18)16-12(9-17)8-11-6-4-3-5-7-11;1-2;/h3-7,9-10,12-13,15H,8H2,1-2H3,(H,16,18);2H2,1H3;/q-1;;/t10?,12-,13?;;/m0../s1. The minimum atomic E-state index is -2.38. The molecule has 9 heteroatoms. The molecule has 1 rings (SSSR count). The van der Waals surface area contributed by atoms with E-state index in [4.69, 9.17) is 0 Å². The first-order chi connectivity index (χ1) is 11.0. The molecule has 7 nitrogen and oxygen atoms in total. The fraction of sp³-hybridized carbons (Fsp3) is 0.467. The van der Waals surface area contributed by atoms with E-state index in [2.05, 4.69) is 16.4 Å². The van der Waals surface area contributed by atoms with Crippen molar-refractivity contribution in [3.63, 3.8) is 0 Å². The number of amides is 1. The van der Waals surface area contributed by atoms with Gasteiger partial charge in [-0.15, -0.1) is 0 Å². The number of nitrogens with one attached hydrogen (secondary N) is 2. The topological polar surface area (TPSA) is 118 Å². The van der Waals surface area contributed by atoms with E-state index >= 15 is 0 Å². The third kappa shape index (κ3) is 8.98. The van der Waals surface area contributed by atoms with Crippen molar-refractivity contribution >= 4 is 22.9 Å². The van der Waals surface area contributed by atoms with E-state index in [1.165, 1.54) is 21.0 Å². The van der Waals surface area contributed by atoms with Crippen LogP contribution in [-0.4, -0.2) is 43.6 Å². The molecule has 2 unspecified atom stereocenters. The average Bonchev–Trinajstić information content (AvgIpc) is 2.57. The molecule has 0 aliphatic heterocycles. The monoisotopic (exact) mass is 431 g/mol. The normalized spacial score (nSPS) is 13.5. The third-order valence-corrected chi connectivity index (χ3v) is 4.04. The molecular weight excluding hydrogens is 407 g/mol. The van der Waals surface area contributed by atoms with Gasteiger partial charge in [0.2, 0.25) is 5.91 Å². The number of rotatable bonds is 8. The van der Waals surface area contributed by atoms with Gasteiger partial charge in [-0.25, -0.2) is 0 Å². The van der Waals surface area contributed by atoms with Gasteiger partial charge in [0.15, 0.2) is 0 Å². The van der Waals surface area contributed by atoms with E-state index in [-0.39, 0.29) is 32.7 Å². The molecular formula is C15H24N3O4SY-. The van der Waals surface area contributed by atoms with Gasteiger partial charge in [-0.3, -0.25) is 4.79 Å². The minimum Gasteiger partial charge on any atom is -0.424 e. The SMILES string of the molecule is CN.CNC(C(=O)N[C@H](C=O)Cc1ccccc1)C(C)[S-](=O)=O.[Y]. The summed E-state index contributed by atoms with van der Waals surface area (Å²) in [5.41, 5.74) is 5.41. The second-order valence-electron chi connectivity index (χ2n) is 4.67. The van der Waals surface area contributed by atoms with Crippen LogP contribution in [0.25, 0.3) is 0 Å². The van der Waals surface area contributed by atoms with Crippen LogP contribution >= 0.6 is 0 Å². The van der Waals surface area contributed by atoms with Crippen molar-refractivity contribution in [2.24, 2.45) is 5.73 Å². The van der Waals surface area contributed by atoms with E-state index in [1.807, 2.05) is 30.3 Å². The number of benzene rings is 1. The van der Waals surface area contributed by atoms with Crippen molar-refractivity contribution in [2.75, 3.05) is 14.1 Å². The molecule has 0 saturated heterocycles. The van der Waals surface area contributed by atoms with Gasteiger partial charge in [0.1, 0.15) is 6.29 Å². The van der Waals surface area contributed by atoms with Gasteiger partial charge < -0.3 is 29.6 Å². The van der Waals surface area contributed by atoms with Gasteiger partial charge in [0, 0.05) is 32.7 Å². The molecule has 133 valence electrons. The van der Waals surface area contributed by atoms with Crippen molar-refractivity contribution < 1.29 is 50.7 Å². The number of hydrogen-bond acceptors (Lipinski definition) is 7. The number of nitrogens with two attached hydrogens (primary N) is 1. The molecule has 0 bridgehead atoms. The van der Waals surface area contributed by atoms with E-state index in [0.717, 1.165) is 5.56 Å². The summed E-state index contributed by atoms with van der Waals surface area (Å²) in [6.07, 6.45) is 1.01. The van der Waals surface area contributed by atoms with Crippen molar-refractivity contribution in [3.8, 4) is 0 Å². The van der Waals surface area contributed by atoms with Gasteiger partial charge in [-0.2, -0.15) is 0 Å². The minimum absolute atomic E-state index is 0. The summed E-state index contributed by atoms with van der Waals surface area (Å²) in [4.78, 5) is 23.2. The van der Waals surface area contributed by atoms with Crippen LogP contribution in [0.15, 0.2) is 30.3 Å². The summed E-state index contributed by atoms with van der Waals surface area (Å²) in [5, 5.41) is 4.32. The Morgan fingerprint density at radius 1 is 1.25 bits per heavy atom. The molecule has 1 aromatic rings. The molecule has 1 radical (unpaired) electrons. The largest absolute Gasteiger partial charge is 0.424 e. The van der Waals surface area contributed by atoms with Crippen LogP contribution in [0.5, 0.6) is 0 Å². The maximum absolute atomic E-state index is 12.1. The first kappa shape index (κ1) is 25.6. The molecule has 0 spiro atoms. The Balaban J connectivity index is 0. The summed E-state index contributed by atoms with van der Waals surface area (Å²) >= 11 is 0. The van der Waals surface area contributed by atoms with Crippen LogP contribution in [0.4, 0.5) is 0 Å². The van der Waals surface area contributed by atoms with Gasteiger partial charge in [-0.05, 0) is 31.3 Å². The molecule has 1 amide bonds. The zero-order chi connectivity index (χ0) is 17.8. The third-order valence-electron chi connectivity index (χ3n) is 3.16. The molecule has 3 atom stereocenters. The Bertz CT molecular complexity index is 547. The van der Waals surface area contributed by atoms with Gasteiger partial charge in [-0.1, -0.05) is 48.0 Å². The van der Waals surface area contributed by atoms with Gasteiger partial charge in [0.05, 0.1) is 12.1 Å². The van der Waals surface area contributed by atoms with Crippen LogP contribution in [0.2, 0.25) is 0 Å². The van der Waals surface area contributed by atoms with E-state index in [1.54, 1.807) is 0 Å². The second kappa shape index (κ2) is 14.7. The summed E-state index contributed by atoms with van der Waals surface area (Å²) in [7, 11) is 0.623. The predicted molar refractivity (Wildman–Crippen MR) is 89.3 cm³/mol. The number of hydrogen-bond donors (Lipinski definition) is 3. The molecule has 1 aromatic carbocycles. The molecule has 0 aliphatic carbocycles. The molecule has 0 aromatic heterocycles. The van der Waals surface area contributed by atoms with Crippen molar-refractivity contribution in [3.05, 3.63) is 35.9 Å². The van der Waals surface area contributed by atoms with Crippen LogP contribution in [-0.2, 0) is 67.8 Å². The number of aldehydes is 1. The molecule has 0 aliphatic rings. The number of carbonyl (C=O) groups is 2. The molecule has 4 N–H and O–H groups in total. The maximum Gasteiger partial charge on any atom is 0.236 e. The predicted octanol–water partition coefficient (Wildman–Crippen LogP) is -0.229. The first-order valence-electron chi connectivity index (χ1n) is 7.12. The molecule has 0 fully saturated rings. The Morgan fingerprint density at radius 2 is 1.79 bits per heavy atom. The van der Waals surface area contributed by atoms with Crippen LogP contribution in [0.3, 0.4) is 0 Å². The Hall–Kier alpha value is -0.666. The van der Waals surface area contributed by atoms with Crippen molar-refractivity contribution in [1.82, 2.24) is 10.6 Å². The fourth-order valence-corrected chi connectivity index (χ4v) is 2.45. The van der Waals surface area contributed by atoms with Crippen LogP contribution in [0.1, 0.15) is 12.5 Å². The zero-order valence-electron chi connectivity index (χ0n) is 14.1. The second-order valence-corrected chi connectivity index (χ2v) is 5.94. The molecule has 0 saturated carbocycles. The van der Waals surface area contributed by atoms with Crippen molar-refractivity contribution in [2.45, 2.75) is 30.7 Å². The van der Waals surface area contributed by atoms with E-state index in [9.17, 15) is 18.0 Å². The zero-order valence-corrected chi connectivity index (χ0v) is 17.8. The van der Waals surface area contributed by atoms with Crippen molar-refractivity contribution in [1.29, 1.82) is 0 Å². The van der Waals surface area contributed by atoms with Crippen LogP contribution < -0.4 is 16.4 Å². The average molecular weight is 431 g/mol. The summed E-state index contributed by atoms with van der Waals surface area (Å²) in [6.45, 7) is 1.43. The Morgan fingerprint density at radius 3 is 2.21 bits per heavy atom. The quantitative estimate of drug-likeness (QED) is 0.387. The molecule has 0 heterocycles. The van der Waals surface area contributed by atoms with Crippen LogP contribution in [0, 0.1) is 0 Å². The summed E-state index contributed by atoms with van der Waals surface area (Å²) in [5.74, 6) is -0.512. The van der Waals surface area contributed by atoms with E-state index < -0.39 is 33.9 Å². The van der Waals surface area contributed by atoms with Gasteiger partial charge in [0.25, 0.3) is 0 Å². The number of likely N-dealkylation sites (N-methyl/N-ethyl adjacent to an activating group) is 1. The smallest absolute Gasteiger partial charge is 0.236 e. The van der Waals surface area contributed by atoms with E-state index in [0.29, 0.717) is 12.7 Å². The van der Waals surface area contributed by atoms with Gasteiger partial charge >= 0.3 is 0 Å². The summed E-state index contributed by atoms with van der Waals surface area (Å²) < 4.78 is 21.9. The summed E-state index contributed by atoms with van der Waals surface area (Å²) in [6, 6.07) is 7.67. The fourth-order valence-electron chi connectivity index (χ4n) is 1.96. The maximum atomic E-state index is 12.1. The number of carbonyl (C=O) groups excluding carboxylic acids is 2. The molecule has 24 heavy (non-hydrogen) atoms.